The van der Waals surface area contributed by atoms with Crippen LogP contribution >= 0.6 is 11.6 Å². The molecule has 172 valence electrons. The summed E-state index contributed by atoms with van der Waals surface area (Å²) in [6, 6.07) is 3.92. The fraction of sp³-hybridized carbons (Fsp3) is 0.250. The molecular formula is C20H16ClF3N6O3. The molecule has 9 nitrogen and oxygen atoms in total. The van der Waals surface area contributed by atoms with Gasteiger partial charge in [-0.25, -0.2) is 9.97 Å². The fourth-order valence-electron chi connectivity index (χ4n) is 3.33. The van der Waals surface area contributed by atoms with Gasteiger partial charge in [0.15, 0.2) is 6.61 Å². The highest BCUT2D eigenvalue weighted by molar-refractivity contribution is 6.31. The summed E-state index contributed by atoms with van der Waals surface area (Å²) in [5, 5.41) is 8.90. The molecule has 0 saturated heterocycles. The Kier molecular flexibility index (Phi) is 5.93. The standard InChI is InChI=1S/C20H16ClF3N6O3/c1-10(11-6-14(21)18(26-7-11)33-9-20(22,23)24)30-8-13-12(19(30)32)2-4-25-16(13)28-17(31)15-3-5-27-29-15/h2-7,10H,8-9H2,1H3,(H,27,29)(H,25,28,31). The Morgan fingerprint density at radius 2 is 2.15 bits per heavy atom. The molecule has 0 saturated carbocycles. The number of fused-ring (bicyclic) bond motifs is 1. The molecule has 3 aromatic rings. The second-order valence-electron chi connectivity index (χ2n) is 7.17. The molecule has 2 amide bonds. The van der Waals surface area contributed by atoms with Crippen molar-refractivity contribution in [1.29, 1.82) is 0 Å². The van der Waals surface area contributed by atoms with Crippen LogP contribution in [0.3, 0.4) is 0 Å². The molecule has 4 rings (SSSR count). The van der Waals surface area contributed by atoms with Crippen molar-refractivity contribution in [2.24, 2.45) is 0 Å². The third-order valence-corrected chi connectivity index (χ3v) is 5.26. The number of alkyl halides is 3. The van der Waals surface area contributed by atoms with Crippen LogP contribution in [-0.4, -0.2) is 49.7 Å². The first-order valence-corrected chi connectivity index (χ1v) is 9.97. The van der Waals surface area contributed by atoms with Gasteiger partial charge in [-0.05, 0) is 30.7 Å². The number of halogens is 4. The monoisotopic (exact) mass is 480 g/mol. The van der Waals surface area contributed by atoms with Gasteiger partial charge in [0.05, 0.1) is 12.6 Å². The van der Waals surface area contributed by atoms with E-state index in [4.69, 9.17) is 11.6 Å². The predicted octanol–water partition coefficient (Wildman–Crippen LogP) is 3.76. The van der Waals surface area contributed by atoms with E-state index in [9.17, 15) is 22.8 Å². The number of carbonyl (C=O) groups excluding carboxylic acids is 2. The number of amides is 2. The van der Waals surface area contributed by atoms with E-state index in [-0.39, 0.29) is 34.9 Å². The third kappa shape index (κ3) is 4.75. The number of nitrogens with zero attached hydrogens (tertiary/aromatic N) is 4. The van der Waals surface area contributed by atoms with Crippen molar-refractivity contribution in [2.45, 2.75) is 25.7 Å². The zero-order chi connectivity index (χ0) is 23.8. The largest absolute Gasteiger partial charge is 0.467 e. The molecule has 1 unspecified atom stereocenters. The fourth-order valence-corrected chi connectivity index (χ4v) is 3.56. The lowest BCUT2D eigenvalue weighted by Gasteiger charge is -2.25. The van der Waals surface area contributed by atoms with Gasteiger partial charge < -0.3 is 15.0 Å². The molecule has 33 heavy (non-hydrogen) atoms. The Morgan fingerprint density at radius 1 is 1.36 bits per heavy atom. The van der Waals surface area contributed by atoms with Crippen LogP contribution in [-0.2, 0) is 6.54 Å². The highest BCUT2D eigenvalue weighted by atomic mass is 35.5. The number of aromatic nitrogens is 4. The molecule has 13 heteroatoms. The number of H-pyrrole nitrogens is 1. The average Bonchev–Trinajstić information content (AvgIpc) is 3.41. The second-order valence-corrected chi connectivity index (χ2v) is 7.57. The van der Waals surface area contributed by atoms with E-state index in [0.29, 0.717) is 16.7 Å². The summed E-state index contributed by atoms with van der Waals surface area (Å²) in [6.45, 7) is 0.348. The molecule has 1 atom stereocenters. The second kappa shape index (κ2) is 8.70. The highest BCUT2D eigenvalue weighted by Gasteiger charge is 2.34. The van der Waals surface area contributed by atoms with Crippen molar-refractivity contribution in [1.82, 2.24) is 25.1 Å². The maximum absolute atomic E-state index is 13.0. The summed E-state index contributed by atoms with van der Waals surface area (Å²) < 4.78 is 41.7. The van der Waals surface area contributed by atoms with Crippen LogP contribution < -0.4 is 10.1 Å². The Labute approximate surface area is 189 Å². The Balaban J connectivity index is 1.52. The minimum atomic E-state index is -4.52. The van der Waals surface area contributed by atoms with E-state index in [2.05, 4.69) is 30.2 Å². The lowest BCUT2D eigenvalue weighted by Crippen LogP contribution is -2.27. The SMILES string of the molecule is CC(c1cnc(OCC(F)(F)F)c(Cl)c1)N1Cc2c(ccnc2NC(=O)c2cc[nH]n2)C1=O. The van der Waals surface area contributed by atoms with Crippen LogP contribution in [0.15, 0.2) is 36.8 Å². The molecule has 1 aliphatic rings. The van der Waals surface area contributed by atoms with Crippen LogP contribution in [0.1, 0.15) is 44.9 Å². The molecular weight excluding hydrogens is 465 g/mol. The van der Waals surface area contributed by atoms with E-state index in [1.807, 2.05) is 0 Å². The number of aromatic amines is 1. The normalized spacial score (nSPS) is 14.2. The summed E-state index contributed by atoms with van der Waals surface area (Å²) >= 11 is 6.04. The van der Waals surface area contributed by atoms with Crippen molar-refractivity contribution >= 4 is 29.2 Å². The first-order valence-electron chi connectivity index (χ1n) is 9.59. The molecule has 0 fully saturated rings. The van der Waals surface area contributed by atoms with Crippen molar-refractivity contribution in [3.8, 4) is 5.88 Å². The van der Waals surface area contributed by atoms with Crippen molar-refractivity contribution in [3.63, 3.8) is 0 Å². The molecule has 0 aliphatic carbocycles. The number of nitrogens with one attached hydrogen (secondary N) is 2. The molecule has 2 N–H and O–H groups in total. The van der Waals surface area contributed by atoms with Gasteiger partial charge in [-0.2, -0.15) is 18.3 Å². The molecule has 0 spiro atoms. The first-order chi connectivity index (χ1) is 15.6. The summed E-state index contributed by atoms with van der Waals surface area (Å²) in [7, 11) is 0. The maximum Gasteiger partial charge on any atom is 0.422 e. The zero-order valence-electron chi connectivity index (χ0n) is 17.0. The predicted molar refractivity (Wildman–Crippen MR) is 110 cm³/mol. The smallest absolute Gasteiger partial charge is 0.422 e. The number of hydrogen-bond donors (Lipinski definition) is 2. The summed E-state index contributed by atoms with van der Waals surface area (Å²) in [4.78, 5) is 34.9. The van der Waals surface area contributed by atoms with Gasteiger partial charge in [0, 0.05) is 29.7 Å². The minimum absolute atomic E-state index is 0.110. The number of hydrogen-bond acceptors (Lipinski definition) is 6. The van der Waals surface area contributed by atoms with E-state index in [1.54, 1.807) is 13.0 Å². The van der Waals surface area contributed by atoms with Crippen LogP contribution in [0.4, 0.5) is 19.0 Å². The number of ether oxygens (including phenoxy) is 1. The summed E-state index contributed by atoms with van der Waals surface area (Å²) in [5.74, 6) is -0.908. The number of rotatable bonds is 6. The number of carbonyl (C=O) groups is 2. The number of anilines is 1. The Hall–Kier alpha value is -3.67. The van der Waals surface area contributed by atoms with Crippen molar-refractivity contribution in [3.05, 3.63) is 64.2 Å². The Bertz CT molecular complexity index is 1200. The van der Waals surface area contributed by atoms with Gasteiger partial charge in [-0.3, -0.25) is 14.7 Å². The quantitative estimate of drug-likeness (QED) is 0.555. The van der Waals surface area contributed by atoms with E-state index >= 15 is 0 Å². The number of pyridine rings is 2. The van der Waals surface area contributed by atoms with Gasteiger partial charge >= 0.3 is 6.18 Å². The molecule has 3 aromatic heterocycles. The zero-order valence-corrected chi connectivity index (χ0v) is 17.7. The maximum atomic E-state index is 13.0. The third-order valence-electron chi connectivity index (χ3n) is 4.99. The highest BCUT2D eigenvalue weighted by Crippen LogP contribution is 2.35. The van der Waals surface area contributed by atoms with E-state index in [1.165, 1.54) is 35.6 Å². The van der Waals surface area contributed by atoms with Gasteiger partial charge in [0.1, 0.15) is 16.5 Å². The first kappa shape index (κ1) is 22.5. The van der Waals surface area contributed by atoms with Crippen LogP contribution in [0.2, 0.25) is 5.02 Å². The van der Waals surface area contributed by atoms with Crippen molar-refractivity contribution < 1.29 is 27.5 Å². The topological polar surface area (TPSA) is 113 Å². The van der Waals surface area contributed by atoms with Gasteiger partial charge in [-0.1, -0.05) is 11.6 Å². The van der Waals surface area contributed by atoms with Gasteiger partial charge in [-0.15, -0.1) is 0 Å². The summed E-state index contributed by atoms with van der Waals surface area (Å²) in [6.07, 6.45) is -0.306. The van der Waals surface area contributed by atoms with Crippen molar-refractivity contribution in [2.75, 3.05) is 11.9 Å². The lowest BCUT2D eigenvalue weighted by molar-refractivity contribution is -0.154. The van der Waals surface area contributed by atoms with Crippen LogP contribution in [0, 0.1) is 0 Å². The molecule has 0 aromatic carbocycles. The van der Waals surface area contributed by atoms with Gasteiger partial charge in [0.2, 0.25) is 5.88 Å². The van der Waals surface area contributed by atoms with Crippen LogP contribution in [0.5, 0.6) is 5.88 Å². The Morgan fingerprint density at radius 3 is 2.82 bits per heavy atom. The molecule has 1 aliphatic heterocycles. The van der Waals surface area contributed by atoms with Crippen LogP contribution in [0.25, 0.3) is 0 Å². The molecule has 0 bridgehead atoms. The van der Waals surface area contributed by atoms with E-state index < -0.39 is 24.7 Å². The van der Waals surface area contributed by atoms with Gasteiger partial charge in [0.25, 0.3) is 11.8 Å². The molecule has 4 heterocycles. The lowest BCUT2D eigenvalue weighted by atomic mass is 10.1. The average molecular weight is 481 g/mol. The molecule has 0 radical (unpaired) electrons. The minimum Gasteiger partial charge on any atom is -0.467 e. The van der Waals surface area contributed by atoms with E-state index in [0.717, 1.165) is 0 Å². The summed E-state index contributed by atoms with van der Waals surface area (Å²) in [5.41, 5.74) is 1.56.